The van der Waals surface area contributed by atoms with E-state index in [2.05, 4.69) is 21.3 Å². The zero-order chi connectivity index (χ0) is 54.4. The van der Waals surface area contributed by atoms with Gasteiger partial charge in [-0.2, -0.15) is 0 Å². The van der Waals surface area contributed by atoms with Crippen LogP contribution in [0.3, 0.4) is 0 Å². The Morgan fingerprint density at radius 2 is 1.25 bits per heavy atom. The molecule has 9 atom stereocenters. The van der Waals surface area contributed by atoms with Crippen LogP contribution >= 0.6 is 0 Å². The maximum Gasteiger partial charge on any atom is 0.311 e. The number of nitrogens with zero attached hydrogens (tertiary/aromatic N) is 4. The van der Waals surface area contributed by atoms with Crippen molar-refractivity contribution in [3.05, 3.63) is 29.8 Å². The van der Waals surface area contributed by atoms with E-state index in [1.54, 1.807) is 58.9 Å². The first-order valence-electron chi connectivity index (χ1n) is 24.6. The Labute approximate surface area is 420 Å². The van der Waals surface area contributed by atoms with Gasteiger partial charge in [-0.15, -0.1) is 0 Å². The Bertz CT molecular complexity index is 2080. The molecule has 4 N–H and O–H groups in total. The molecule has 0 unspecified atom stereocenters. The van der Waals surface area contributed by atoms with Crippen molar-refractivity contribution in [1.82, 2.24) is 40.9 Å². The summed E-state index contributed by atoms with van der Waals surface area (Å²) in [5, 5.41) is 10.7. The number of carbonyl (C=O) groups excluding carboxylic acids is 10. The van der Waals surface area contributed by atoms with Crippen molar-refractivity contribution in [2.75, 3.05) is 48.4 Å². The molecule has 71 heavy (non-hydrogen) atoms. The molecule has 1 heterocycles. The monoisotopic (exact) mass is 999 g/mol. The highest BCUT2D eigenvalue weighted by Gasteiger charge is 2.45. The summed E-state index contributed by atoms with van der Waals surface area (Å²) in [4.78, 5) is 145. The van der Waals surface area contributed by atoms with E-state index in [0.29, 0.717) is 17.7 Å². The number of benzene rings is 1. The third-order valence-corrected chi connectivity index (χ3v) is 13.7. The highest BCUT2D eigenvalue weighted by Crippen LogP contribution is 2.25. The number of hydrogen-bond donors (Lipinski definition) is 4. The molecule has 1 aliphatic heterocycles. The summed E-state index contributed by atoms with van der Waals surface area (Å²) >= 11 is 0. The van der Waals surface area contributed by atoms with Crippen molar-refractivity contribution < 1.29 is 57.4 Å². The number of methoxy groups -OCH3 is 1. The minimum Gasteiger partial charge on any atom is -0.497 e. The average molecular weight is 999 g/mol. The minimum atomic E-state index is -1.79. The van der Waals surface area contributed by atoms with Crippen LogP contribution < -0.4 is 26.0 Å². The Balaban J connectivity index is 2.72. The molecule has 1 fully saturated rings. The number of cyclic esters (lactones) is 1. The minimum absolute atomic E-state index is 0.0319. The van der Waals surface area contributed by atoms with Crippen molar-refractivity contribution in [3.8, 4) is 5.75 Å². The largest absolute Gasteiger partial charge is 0.497 e. The standard InChI is InChI=1S/C51H82N8O12/c1-18-30(7)42-47(66)53-26-39(60)57(14)37(24-28(3)4)45(64)52-27-40(61)59(16)41(29(5)6)48(67)58(15)38(25-34-20-22-35(70-17)23-21-34)46(65)54-32(9)43(62)51(11,12)50(69)56(13)33(10)44(63)55-36(19-2)31(8)49(68)71-42/h20-23,28-33,36-38,41-42H,18-19,24-27H2,1-17H3,(H,52,64)(H,53,66)(H,54,65)(H,55,63)/t30-,31-,32-,33-,36+,37-,38-,41-,42-/m0/s1. The third-order valence-electron chi connectivity index (χ3n) is 13.7. The number of likely N-dealkylation sites (N-methyl/N-ethyl adjacent to an activating group) is 4. The Hall–Kier alpha value is -6.08. The molecule has 20 nitrogen and oxygen atoms in total. The molecule has 1 aliphatic rings. The predicted octanol–water partition coefficient (Wildman–Crippen LogP) is 2.10. The van der Waals surface area contributed by atoms with Crippen LogP contribution in [0.25, 0.3) is 0 Å². The molecular weight excluding hydrogens is 917 g/mol. The van der Waals surface area contributed by atoms with Crippen molar-refractivity contribution in [3.63, 3.8) is 0 Å². The predicted molar refractivity (Wildman–Crippen MR) is 266 cm³/mol. The SMILES string of the molecule is CC[C@H](C)[C@@H]1OC(=O)[C@@H](C)[C@@H](CC)NC(=O)[C@H](C)N(C)C(=O)C(C)(C)C(=O)[C@H](C)NC(=O)[C@H](Cc2ccc(OC)cc2)N(C)C(=O)[C@H](C(C)C)N(C)C(=O)CNC(=O)[C@H](CC(C)C)N(C)C(=O)CNC1=O. The average Bonchev–Trinajstić information content (AvgIpc) is 3.33. The number of hydrogen-bond acceptors (Lipinski definition) is 12. The van der Waals surface area contributed by atoms with Gasteiger partial charge < -0.3 is 50.3 Å². The maximum atomic E-state index is 14.6. The first-order chi connectivity index (χ1) is 33.0. The summed E-state index contributed by atoms with van der Waals surface area (Å²) < 4.78 is 11.1. The summed E-state index contributed by atoms with van der Waals surface area (Å²) in [6.07, 6.45) is -0.495. The third kappa shape index (κ3) is 16.0. The van der Waals surface area contributed by atoms with Gasteiger partial charge in [0.25, 0.3) is 5.91 Å². The second-order valence-electron chi connectivity index (χ2n) is 20.2. The van der Waals surface area contributed by atoms with Crippen LogP contribution in [0.5, 0.6) is 5.75 Å². The normalized spacial score (nSPS) is 26.7. The van der Waals surface area contributed by atoms with Crippen LogP contribution in [0.15, 0.2) is 24.3 Å². The van der Waals surface area contributed by atoms with Crippen LogP contribution in [-0.2, 0) is 59.1 Å². The van der Waals surface area contributed by atoms with Gasteiger partial charge in [0.15, 0.2) is 11.9 Å². The van der Waals surface area contributed by atoms with Crippen LogP contribution in [0.1, 0.15) is 108 Å². The number of rotatable bonds is 9. The fourth-order valence-electron chi connectivity index (χ4n) is 8.40. The van der Waals surface area contributed by atoms with Gasteiger partial charge in [-0.3, -0.25) is 47.9 Å². The lowest BCUT2D eigenvalue weighted by molar-refractivity contribution is -0.164. The fraction of sp³-hybridized carbons (Fsp3) is 0.686. The Morgan fingerprint density at radius 1 is 0.704 bits per heavy atom. The molecule has 0 spiro atoms. The van der Waals surface area contributed by atoms with Gasteiger partial charge >= 0.3 is 5.97 Å². The topological polar surface area (TPSA) is 250 Å². The lowest BCUT2D eigenvalue weighted by atomic mass is 9.82. The van der Waals surface area contributed by atoms with E-state index in [9.17, 15) is 47.9 Å². The van der Waals surface area contributed by atoms with E-state index in [0.717, 1.165) is 4.90 Å². The molecule has 1 aromatic carbocycles. The molecule has 0 saturated carbocycles. The number of esters is 1. The smallest absolute Gasteiger partial charge is 0.311 e. The second kappa shape index (κ2) is 26.9. The zero-order valence-electron chi connectivity index (χ0n) is 45.1. The lowest BCUT2D eigenvalue weighted by Gasteiger charge is -2.37. The van der Waals surface area contributed by atoms with Crippen LogP contribution in [0, 0.1) is 29.1 Å². The van der Waals surface area contributed by atoms with E-state index >= 15 is 0 Å². The van der Waals surface area contributed by atoms with E-state index in [1.165, 1.54) is 84.6 Å². The number of nitrogens with one attached hydrogen (secondary N) is 4. The molecule has 1 aromatic rings. The first kappa shape index (κ1) is 61.0. The van der Waals surface area contributed by atoms with Crippen LogP contribution in [0.2, 0.25) is 0 Å². The molecular formula is C51H82N8O12. The summed E-state index contributed by atoms with van der Waals surface area (Å²) in [6.45, 7) is 18.5. The summed E-state index contributed by atoms with van der Waals surface area (Å²) in [5.41, 5.74) is -1.15. The highest BCUT2D eigenvalue weighted by molar-refractivity contribution is 6.09. The molecule has 2 rings (SSSR count). The number of carbonyl (C=O) groups is 10. The van der Waals surface area contributed by atoms with E-state index in [1.807, 2.05) is 13.8 Å². The molecule has 0 bridgehead atoms. The van der Waals surface area contributed by atoms with Crippen LogP contribution in [-0.4, -0.2) is 169 Å². The highest BCUT2D eigenvalue weighted by atomic mass is 16.5. The van der Waals surface area contributed by atoms with Gasteiger partial charge in [0.1, 0.15) is 35.3 Å². The van der Waals surface area contributed by atoms with Gasteiger partial charge in [0, 0.05) is 46.6 Å². The zero-order valence-corrected chi connectivity index (χ0v) is 45.1. The van der Waals surface area contributed by atoms with Gasteiger partial charge in [-0.25, -0.2) is 0 Å². The summed E-state index contributed by atoms with van der Waals surface area (Å²) in [7, 11) is 7.09. The molecule has 8 amide bonds. The van der Waals surface area contributed by atoms with Crippen molar-refractivity contribution in [1.29, 1.82) is 0 Å². The van der Waals surface area contributed by atoms with Gasteiger partial charge in [0.2, 0.25) is 41.4 Å². The molecule has 0 radical (unpaired) electrons. The van der Waals surface area contributed by atoms with E-state index < -0.39 is 138 Å². The Morgan fingerprint density at radius 3 is 1.76 bits per heavy atom. The lowest BCUT2D eigenvalue weighted by Crippen LogP contribution is -2.60. The maximum absolute atomic E-state index is 14.6. The molecule has 1 saturated heterocycles. The Kier molecular flexibility index (Phi) is 23.2. The van der Waals surface area contributed by atoms with Crippen molar-refractivity contribution >= 4 is 59.0 Å². The van der Waals surface area contributed by atoms with Gasteiger partial charge in [-0.05, 0) is 83.4 Å². The second-order valence-corrected chi connectivity index (χ2v) is 20.2. The van der Waals surface area contributed by atoms with E-state index in [4.69, 9.17) is 9.47 Å². The number of Topliss-reactive ketones (excluding diaryl/α,β-unsaturated/α-hetero) is 1. The van der Waals surface area contributed by atoms with Crippen molar-refractivity contribution in [2.24, 2.45) is 29.1 Å². The first-order valence-corrected chi connectivity index (χ1v) is 24.6. The van der Waals surface area contributed by atoms with Crippen molar-refractivity contribution in [2.45, 2.75) is 151 Å². The fourth-order valence-corrected chi connectivity index (χ4v) is 8.40. The number of ketones is 1. The summed E-state index contributed by atoms with van der Waals surface area (Å²) in [5.74, 6) is -8.41. The summed E-state index contributed by atoms with van der Waals surface area (Å²) in [6, 6.07) is 0.125. The molecule has 20 heteroatoms. The van der Waals surface area contributed by atoms with E-state index in [-0.39, 0.29) is 25.2 Å². The number of amides is 8. The van der Waals surface area contributed by atoms with Crippen LogP contribution in [0.4, 0.5) is 0 Å². The molecule has 398 valence electrons. The molecule has 0 aromatic heterocycles. The number of ether oxygens (including phenoxy) is 2. The van der Waals surface area contributed by atoms with Gasteiger partial charge in [0.05, 0.1) is 32.2 Å². The van der Waals surface area contributed by atoms with Gasteiger partial charge in [-0.1, -0.05) is 60.6 Å². The quantitative estimate of drug-likeness (QED) is 0.205. The molecule has 0 aliphatic carbocycles.